The highest BCUT2D eigenvalue weighted by Gasteiger charge is 2.10. The van der Waals surface area contributed by atoms with E-state index in [0.29, 0.717) is 0 Å². The number of hydrogen-bond donors (Lipinski definition) is 0. The molecule has 1 amide bonds. The molecule has 0 aliphatic carbocycles. The van der Waals surface area contributed by atoms with Crippen molar-refractivity contribution in [2.45, 2.75) is 34.6 Å². The molecule has 0 aliphatic rings. The quantitative estimate of drug-likeness (QED) is 0.765. The highest BCUT2D eigenvalue weighted by Crippen LogP contribution is 2.06. The topological polar surface area (TPSA) is 20.3 Å². The van der Waals surface area contributed by atoms with Gasteiger partial charge in [0.1, 0.15) is 0 Å². The van der Waals surface area contributed by atoms with Gasteiger partial charge in [-0.3, -0.25) is 4.79 Å². The molecule has 1 rings (SSSR count). The summed E-state index contributed by atoms with van der Waals surface area (Å²) in [4.78, 5) is 13.7. The number of rotatable bonds is 3. The Kier molecular flexibility index (Phi) is 7.27. The van der Waals surface area contributed by atoms with E-state index in [9.17, 15) is 4.79 Å². The van der Waals surface area contributed by atoms with Crippen molar-refractivity contribution in [3.8, 4) is 0 Å². The summed E-state index contributed by atoms with van der Waals surface area (Å²) in [6.45, 7) is 11.5. The van der Waals surface area contributed by atoms with Gasteiger partial charge in [-0.2, -0.15) is 0 Å². The van der Waals surface area contributed by atoms with E-state index in [4.69, 9.17) is 0 Å². The second kappa shape index (κ2) is 7.91. The summed E-state index contributed by atoms with van der Waals surface area (Å²) in [5, 5.41) is 0. The van der Waals surface area contributed by atoms with Crippen molar-refractivity contribution in [2.24, 2.45) is 0 Å². The smallest absolute Gasteiger partial charge is 0.253 e. The van der Waals surface area contributed by atoms with Crippen molar-refractivity contribution >= 4 is 5.91 Å². The minimum Gasteiger partial charge on any atom is -0.339 e. The Hall–Kier alpha value is -1.31. The maximum Gasteiger partial charge on any atom is 0.253 e. The number of amides is 1. The lowest BCUT2D eigenvalue weighted by atomic mass is 10.1. The predicted octanol–water partition coefficient (Wildman–Crippen LogP) is 3.50. The van der Waals surface area contributed by atoms with Gasteiger partial charge >= 0.3 is 0 Å². The van der Waals surface area contributed by atoms with Crippen LogP contribution >= 0.6 is 0 Å². The van der Waals surface area contributed by atoms with Crippen LogP contribution in [0.25, 0.3) is 0 Å². The molecule has 0 radical (unpaired) electrons. The fraction of sp³-hybridized carbons (Fsp3) is 0.500. The minimum atomic E-state index is 0.120. The van der Waals surface area contributed by atoms with Gasteiger partial charge in [0.05, 0.1) is 0 Å². The molecule has 0 aromatic heterocycles. The van der Waals surface area contributed by atoms with Gasteiger partial charge < -0.3 is 4.90 Å². The Labute approximate surface area is 99.3 Å². The van der Waals surface area contributed by atoms with E-state index in [2.05, 4.69) is 0 Å². The van der Waals surface area contributed by atoms with Gasteiger partial charge in [0, 0.05) is 18.7 Å². The lowest BCUT2D eigenvalue weighted by molar-refractivity contribution is 0.0773. The third kappa shape index (κ3) is 4.05. The fourth-order valence-corrected chi connectivity index (χ4v) is 1.39. The summed E-state index contributed by atoms with van der Waals surface area (Å²) in [6.07, 6.45) is 0. The molecule has 0 bridgehead atoms. The molecule has 0 heterocycles. The summed E-state index contributed by atoms with van der Waals surface area (Å²) in [7, 11) is 0. The zero-order chi connectivity index (χ0) is 12.6. The molecule has 0 saturated carbocycles. The van der Waals surface area contributed by atoms with Crippen molar-refractivity contribution in [3.05, 3.63) is 35.4 Å². The first-order valence-electron chi connectivity index (χ1n) is 6.05. The van der Waals surface area contributed by atoms with E-state index < -0.39 is 0 Å². The molecule has 16 heavy (non-hydrogen) atoms. The Morgan fingerprint density at radius 3 is 1.88 bits per heavy atom. The van der Waals surface area contributed by atoms with E-state index >= 15 is 0 Å². The summed E-state index contributed by atoms with van der Waals surface area (Å²) in [5.74, 6) is 0.120. The third-order valence-electron chi connectivity index (χ3n) is 2.35. The zero-order valence-electron chi connectivity index (χ0n) is 11.1. The normalized spacial score (nSPS) is 9.06. The second-order valence-electron chi connectivity index (χ2n) is 3.34. The van der Waals surface area contributed by atoms with Crippen LogP contribution in [0, 0.1) is 6.92 Å². The van der Waals surface area contributed by atoms with Crippen LogP contribution < -0.4 is 0 Å². The standard InChI is InChI=1S/C12H17NO.C2H6/c1-4-13(5-2)12(14)11-8-6-10(3)7-9-11;1-2/h6-9H,4-5H2,1-3H3;1-2H3. The predicted molar refractivity (Wildman–Crippen MR) is 69.8 cm³/mol. The van der Waals surface area contributed by atoms with Gasteiger partial charge in [0.25, 0.3) is 5.91 Å². The van der Waals surface area contributed by atoms with Crippen molar-refractivity contribution < 1.29 is 4.79 Å². The van der Waals surface area contributed by atoms with Crippen LogP contribution in [0.15, 0.2) is 24.3 Å². The molecule has 0 aliphatic heterocycles. The average molecular weight is 221 g/mol. The van der Waals surface area contributed by atoms with Gasteiger partial charge in [0.2, 0.25) is 0 Å². The first kappa shape index (κ1) is 14.7. The summed E-state index contributed by atoms with van der Waals surface area (Å²) in [6, 6.07) is 7.71. The lowest BCUT2D eigenvalue weighted by Crippen LogP contribution is -2.30. The number of nitrogens with zero attached hydrogens (tertiary/aromatic N) is 1. The fourth-order valence-electron chi connectivity index (χ4n) is 1.39. The first-order valence-corrected chi connectivity index (χ1v) is 6.05. The first-order chi connectivity index (χ1) is 7.69. The average Bonchev–Trinajstić information content (AvgIpc) is 2.34. The highest BCUT2D eigenvalue weighted by molar-refractivity contribution is 5.94. The molecular formula is C14H23NO. The largest absolute Gasteiger partial charge is 0.339 e. The molecule has 2 nitrogen and oxygen atoms in total. The van der Waals surface area contributed by atoms with E-state index in [1.807, 2.05) is 63.8 Å². The summed E-state index contributed by atoms with van der Waals surface area (Å²) in [5.41, 5.74) is 1.96. The Bertz CT molecular complexity index is 299. The van der Waals surface area contributed by atoms with E-state index in [1.54, 1.807) is 0 Å². The maximum atomic E-state index is 11.8. The zero-order valence-corrected chi connectivity index (χ0v) is 11.1. The van der Waals surface area contributed by atoms with Gasteiger partial charge in [0.15, 0.2) is 0 Å². The Morgan fingerprint density at radius 1 is 1.06 bits per heavy atom. The molecule has 0 fully saturated rings. The van der Waals surface area contributed by atoms with E-state index in [1.165, 1.54) is 5.56 Å². The second-order valence-corrected chi connectivity index (χ2v) is 3.34. The van der Waals surface area contributed by atoms with Gasteiger partial charge in [-0.25, -0.2) is 0 Å². The van der Waals surface area contributed by atoms with Crippen molar-refractivity contribution in [2.75, 3.05) is 13.1 Å². The molecule has 1 aromatic rings. The monoisotopic (exact) mass is 221 g/mol. The van der Waals surface area contributed by atoms with E-state index in [-0.39, 0.29) is 5.91 Å². The van der Waals surface area contributed by atoms with Crippen LogP contribution in [0.1, 0.15) is 43.6 Å². The van der Waals surface area contributed by atoms with Gasteiger partial charge in [-0.05, 0) is 32.9 Å². The Balaban J connectivity index is 0.00000106. The van der Waals surface area contributed by atoms with Crippen LogP contribution in [0.3, 0.4) is 0 Å². The molecule has 0 N–H and O–H groups in total. The van der Waals surface area contributed by atoms with Crippen molar-refractivity contribution in [1.82, 2.24) is 4.90 Å². The number of benzene rings is 1. The molecule has 0 unspecified atom stereocenters. The van der Waals surface area contributed by atoms with Crippen LogP contribution in [-0.4, -0.2) is 23.9 Å². The van der Waals surface area contributed by atoms with Crippen LogP contribution in [0.2, 0.25) is 0 Å². The minimum absolute atomic E-state index is 0.120. The van der Waals surface area contributed by atoms with E-state index in [0.717, 1.165) is 18.7 Å². The van der Waals surface area contributed by atoms with Crippen LogP contribution in [0.4, 0.5) is 0 Å². The third-order valence-corrected chi connectivity index (χ3v) is 2.35. The molecule has 1 aromatic carbocycles. The highest BCUT2D eigenvalue weighted by atomic mass is 16.2. The molecule has 90 valence electrons. The number of aryl methyl sites for hydroxylation is 1. The number of hydrogen-bond acceptors (Lipinski definition) is 1. The molecule has 0 saturated heterocycles. The molecule has 0 spiro atoms. The van der Waals surface area contributed by atoms with Gasteiger partial charge in [-0.15, -0.1) is 0 Å². The van der Waals surface area contributed by atoms with Crippen molar-refractivity contribution in [3.63, 3.8) is 0 Å². The Morgan fingerprint density at radius 2 is 1.50 bits per heavy atom. The van der Waals surface area contributed by atoms with Crippen LogP contribution in [0.5, 0.6) is 0 Å². The lowest BCUT2D eigenvalue weighted by Gasteiger charge is -2.18. The van der Waals surface area contributed by atoms with Crippen LogP contribution in [-0.2, 0) is 0 Å². The van der Waals surface area contributed by atoms with Gasteiger partial charge in [-0.1, -0.05) is 31.5 Å². The molecule has 2 heteroatoms. The summed E-state index contributed by atoms with van der Waals surface area (Å²) < 4.78 is 0. The van der Waals surface area contributed by atoms with Crippen molar-refractivity contribution in [1.29, 1.82) is 0 Å². The number of carbonyl (C=O) groups is 1. The SMILES string of the molecule is CC.CCN(CC)C(=O)c1ccc(C)cc1. The molecule has 0 atom stereocenters. The number of carbonyl (C=O) groups excluding carboxylic acids is 1. The molecular weight excluding hydrogens is 198 g/mol. The maximum absolute atomic E-state index is 11.8. The summed E-state index contributed by atoms with van der Waals surface area (Å²) >= 11 is 0.